The van der Waals surface area contributed by atoms with E-state index in [4.69, 9.17) is 4.74 Å². The summed E-state index contributed by atoms with van der Waals surface area (Å²) in [5, 5.41) is 20.6. The lowest BCUT2D eigenvalue weighted by molar-refractivity contribution is -0.142. The lowest BCUT2D eigenvalue weighted by Crippen LogP contribution is -2.53. The molecule has 2 atom stereocenters. The molecule has 3 amide bonds. The molecule has 248 valence electrons. The van der Waals surface area contributed by atoms with Crippen LogP contribution in [0.2, 0.25) is 0 Å². The number of phenols is 1. The number of aromatic nitrogens is 2. The Morgan fingerprint density at radius 3 is 2.44 bits per heavy atom. The van der Waals surface area contributed by atoms with Gasteiger partial charge >= 0.3 is 6.09 Å². The third kappa shape index (κ3) is 8.42. The zero-order valence-electron chi connectivity index (χ0n) is 27.9. The van der Waals surface area contributed by atoms with Crippen molar-refractivity contribution in [1.29, 1.82) is 0 Å². The molecule has 0 saturated carbocycles. The van der Waals surface area contributed by atoms with E-state index in [2.05, 4.69) is 27.6 Å². The number of hydrogen-bond donors (Lipinski definition) is 3. The number of nitrogens with zero attached hydrogens (tertiary/aromatic N) is 3. The fourth-order valence-corrected chi connectivity index (χ4v) is 5.61. The maximum atomic E-state index is 14.0. The van der Waals surface area contributed by atoms with E-state index in [-0.39, 0.29) is 17.6 Å². The molecule has 1 saturated heterocycles. The SMILES string of the molecule is Cc1ccc(O)c(-c2nn(C)cc2C#Cc2ccc(NC(=O)[C@@H]3CCCCN3C(=O)[C@H](NC(=O)OC(C)(C)C)c3ccccc3)cc2)c1. The molecular weight excluding hydrogens is 606 g/mol. The Morgan fingerprint density at radius 2 is 1.73 bits per heavy atom. The summed E-state index contributed by atoms with van der Waals surface area (Å²) >= 11 is 0. The van der Waals surface area contributed by atoms with Crippen LogP contribution in [0.5, 0.6) is 5.75 Å². The van der Waals surface area contributed by atoms with Crippen LogP contribution in [0.3, 0.4) is 0 Å². The van der Waals surface area contributed by atoms with Gasteiger partial charge in [0.1, 0.15) is 29.1 Å². The molecule has 48 heavy (non-hydrogen) atoms. The van der Waals surface area contributed by atoms with Gasteiger partial charge in [0, 0.05) is 36.6 Å². The third-order valence-electron chi connectivity index (χ3n) is 7.86. The number of aryl methyl sites for hydroxylation is 2. The highest BCUT2D eigenvalue weighted by Gasteiger charge is 2.37. The van der Waals surface area contributed by atoms with Gasteiger partial charge in [-0.2, -0.15) is 5.10 Å². The fourth-order valence-electron chi connectivity index (χ4n) is 5.61. The standard InChI is InChI=1S/C38H41N5O5/c1-25-14-21-32(44)30(23-25)33-28(24-42(5)41-33)18-15-26-16-19-29(20-17-26)39-35(45)31-13-9-10-22-43(31)36(46)34(27-11-7-6-8-12-27)40-37(47)48-38(2,3)4/h6-8,11-12,14,16-17,19-21,23-24,31,34,44H,9-10,13,22H2,1-5H3,(H,39,45)(H,40,47)/t31-,34+/m0/s1. The van der Waals surface area contributed by atoms with E-state index < -0.39 is 23.8 Å². The number of likely N-dealkylation sites (tertiary alicyclic amines) is 1. The largest absolute Gasteiger partial charge is 0.507 e. The topological polar surface area (TPSA) is 126 Å². The number of hydrogen-bond acceptors (Lipinski definition) is 6. The summed E-state index contributed by atoms with van der Waals surface area (Å²) in [6, 6.07) is 19.8. The number of piperidine rings is 1. The first-order valence-corrected chi connectivity index (χ1v) is 16.0. The van der Waals surface area contributed by atoms with E-state index in [1.54, 1.807) is 86.1 Å². The summed E-state index contributed by atoms with van der Waals surface area (Å²) in [4.78, 5) is 41.9. The van der Waals surface area contributed by atoms with Gasteiger partial charge in [0.25, 0.3) is 5.91 Å². The van der Waals surface area contributed by atoms with Crippen molar-refractivity contribution in [3.8, 4) is 28.8 Å². The van der Waals surface area contributed by atoms with Gasteiger partial charge in [-0.05, 0) is 88.9 Å². The van der Waals surface area contributed by atoms with Crippen molar-refractivity contribution in [2.24, 2.45) is 7.05 Å². The zero-order chi connectivity index (χ0) is 34.4. The van der Waals surface area contributed by atoms with Crippen LogP contribution in [0, 0.1) is 18.8 Å². The number of benzene rings is 3. The van der Waals surface area contributed by atoms with Crippen molar-refractivity contribution in [3.63, 3.8) is 0 Å². The summed E-state index contributed by atoms with van der Waals surface area (Å²) in [7, 11) is 1.80. The van der Waals surface area contributed by atoms with Gasteiger partial charge in [-0.25, -0.2) is 4.79 Å². The number of ether oxygens (including phenoxy) is 1. The predicted octanol–water partition coefficient (Wildman–Crippen LogP) is 6.09. The molecule has 10 nitrogen and oxygen atoms in total. The quantitative estimate of drug-likeness (QED) is 0.218. The second-order valence-electron chi connectivity index (χ2n) is 12.9. The number of aromatic hydroxyl groups is 1. The van der Waals surface area contributed by atoms with Gasteiger partial charge in [-0.3, -0.25) is 14.3 Å². The second-order valence-corrected chi connectivity index (χ2v) is 12.9. The molecule has 2 heterocycles. The molecule has 4 aromatic rings. The zero-order valence-corrected chi connectivity index (χ0v) is 27.9. The van der Waals surface area contributed by atoms with E-state index in [0.29, 0.717) is 41.0 Å². The lowest BCUT2D eigenvalue weighted by atomic mass is 9.98. The third-order valence-corrected chi connectivity index (χ3v) is 7.86. The number of nitrogens with one attached hydrogen (secondary N) is 2. The summed E-state index contributed by atoms with van der Waals surface area (Å²) in [5.41, 5.74) is 4.04. The molecule has 0 spiro atoms. The highest BCUT2D eigenvalue weighted by atomic mass is 16.6. The van der Waals surface area contributed by atoms with Crippen molar-refractivity contribution in [3.05, 3.63) is 101 Å². The Kier molecular flexibility index (Phi) is 10.2. The summed E-state index contributed by atoms with van der Waals surface area (Å²) in [6.45, 7) is 7.61. The molecule has 0 radical (unpaired) electrons. The van der Waals surface area contributed by atoms with Crippen molar-refractivity contribution in [2.75, 3.05) is 11.9 Å². The predicted molar refractivity (Wildman–Crippen MR) is 184 cm³/mol. The summed E-state index contributed by atoms with van der Waals surface area (Å²) in [6.07, 6.45) is 3.14. The van der Waals surface area contributed by atoms with Crippen molar-refractivity contribution in [1.82, 2.24) is 20.0 Å². The van der Waals surface area contributed by atoms with Crippen LogP contribution in [0.15, 0.2) is 79.0 Å². The van der Waals surface area contributed by atoms with Gasteiger partial charge in [0.05, 0.1) is 5.56 Å². The minimum atomic E-state index is -1.01. The van der Waals surface area contributed by atoms with Crippen LogP contribution in [-0.4, -0.2) is 55.9 Å². The van der Waals surface area contributed by atoms with Crippen LogP contribution in [0.1, 0.15) is 68.3 Å². The van der Waals surface area contributed by atoms with Crippen LogP contribution in [-0.2, 0) is 21.4 Å². The van der Waals surface area contributed by atoms with Crippen LogP contribution < -0.4 is 10.6 Å². The van der Waals surface area contributed by atoms with E-state index in [0.717, 1.165) is 24.0 Å². The number of carbonyl (C=O) groups is 3. The Bertz CT molecular complexity index is 1850. The number of carbonyl (C=O) groups excluding carboxylic acids is 3. The maximum absolute atomic E-state index is 14.0. The molecule has 5 rings (SSSR count). The molecule has 10 heteroatoms. The average Bonchev–Trinajstić information content (AvgIpc) is 3.43. The Morgan fingerprint density at radius 1 is 1.00 bits per heavy atom. The number of amides is 3. The summed E-state index contributed by atoms with van der Waals surface area (Å²) < 4.78 is 7.11. The highest BCUT2D eigenvalue weighted by molar-refractivity contribution is 5.98. The van der Waals surface area contributed by atoms with Crippen molar-refractivity contribution < 1.29 is 24.2 Å². The first kappa shape index (κ1) is 33.8. The smallest absolute Gasteiger partial charge is 0.408 e. The molecule has 0 unspecified atom stereocenters. The minimum absolute atomic E-state index is 0.135. The van der Waals surface area contributed by atoms with Gasteiger partial charge in [-0.15, -0.1) is 0 Å². The molecule has 1 aromatic heterocycles. The van der Waals surface area contributed by atoms with Gasteiger partial charge in [0.15, 0.2) is 0 Å². The van der Waals surface area contributed by atoms with Crippen LogP contribution >= 0.6 is 0 Å². The minimum Gasteiger partial charge on any atom is -0.507 e. The first-order chi connectivity index (χ1) is 22.9. The molecule has 3 N–H and O–H groups in total. The average molecular weight is 648 g/mol. The molecule has 1 fully saturated rings. The van der Waals surface area contributed by atoms with E-state index in [1.807, 2.05) is 37.3 Å². The molecule has 0 bridgehead atoms. The van der Waals surface area contributed by atoms with Gasteiger partial charge in [-0.1, -0.05) is 53.8 Å². The summed E-state index contributed by atoms with van der Waals surface area (Å²) in [5.74, 6) is 5.77. The first-order valence-electron chi connectivity index (χ1n) is 16.0. The van der Waals surface area contributed by atoms with Crippen LogP contribution in [0.4, 0.5) is 10.5 Å². The Balaban J connectivity index is 1.30. The number of alkyl carbamates (subject to hydrolysis) is 1. The van der Waals surface area contributed by atoms with E-state index in [9.17, 15) is 19.5 Å². The monoisotopic (exact) mass is 647 g/mol. The van der Waals surface area contributed by atoms with Crippen molar-refractivity contribution >= 4 is 23.6 Å². The van der Waals surface area contributed by atoms with Gasteiger partial charge < -0.3 is 25.4 Å². The fraction of sp³-hybridized carbons (Fsp3) is 0.316. The second kappa shape index (κ2) is 14.5. The molecule has 0 aliphatic carbocycles. The molecule has 3 aromatic carbocycles. The van der Waals surface area contributed by atoms with Gasteiger partial charge in [0.2, 0.25) is 5.91 Å². The number of phenolic OH excluding ortho intramolecular Hbond substituents is 1. The van der Waals surface area contributed by atoms with Crippen LogP contribution in [0.25, 0.3) is 11.3 Å². The van der Waals surface area contributed by atoms with E-state index in [1.165, 1.54) is 0 Å². The van der Waals surface area contributed by atoms with E-state index >= 15 is 0 Å². The Labute approximate surface area is 281 Å². The van der Waals surface area contributed by atoms with Crippen molar-refractivity contribution in [2.45, 2.75) is 64.6 Å². The highest BCUT2D eigenvalue weighted by Crippen LogP contribution is 2.31. The molecule has 1 aliphatic heterocycles. The number of rotatable bonds is 6. The Hall–Kier alpha value is -5.56. The normalized spacial score (nSPS) is 15.1. The number of anilines is 1. The lowest BCUT2D eigenvalue weighted by Gasteiger charge is -2.37. The molecule has 1 aliphatic rings. The maximum Gasteiger partial charge on any atom is 0.408 e. The molecular formula is C38H41N5O5.